The predicted octanol–water partition coefficient (Wildman–Crippen LogP) is 2.06. The summed E-state index contributed by atoms with van der Waals surface area (Å²) in [4.78, 5) is 0.230. The molecule has 1 saturated heterocycles. The summed E-state index contributed by atoms with van der Waals surface area (Å²) < 4.78 is 51.6. The van der Waals surface area contributed by atoms with Crippen LogP contribution in [0.1, 0.15) is 38.3 Å². The van der Waals surface area contributed by atoms with E-state index in [9.17, 15) is 16.8 Å². The molecule has 1 aliphatic heterocycles. The summed E-state index contributed by atoms with van der Waals surface area (Å²) in [7, 11) is -5.22. The van der Waals surface area contributed by atoms with E-state index in [2.05, 4.69) is 6.92 Å². The van der Waals surface area contributed by atoms with E-state index in [4.69, 9.17) is 0 Å². The molecule has 0 N–H and O–H groups in total. The molecule has 0 saturated carbocycles. The lowest BCUT2D eigenvalue weighted by molar-refractivity contribution is 0.255. The number of benzene rings is 1. The van der Waals surface area contributed by atoms with Gasteiger partial charge in [-0.2, -0.15) is 17.0 Å². The van der Waals surface area contributed by atoms with Crippen LogP contribution in [0.2, 0.25) is 0 Å². The first-order chi connectivity index (χ1) is 11.0. The van der Waals surface area contributed by atoms with Gasteiger partial charge in [0.1, 0.15) is 0 Å². The molecule has 8 heteroatoms. The minimum atomic E-state index is -3.53. The average molecular weight is 375 g/mol. The molecule has 0 bridgehead atoms. The molecule has 136 valence electrons. The second kappa shape index (κ2) is 7.11. The number of piperidine rings is 1. The van der Waals surface area contributed by atoms with Gasteiger partial charge in [-0.25, -0.2) is 8.42 Å². The normalized spacial score (nSPS) is 21.8. The topological polar surface area (TPSA) is 74.8 Å². The highest BCUT2D eigenvalue weighted by molar-refractivity contribution is 7.90. The summed E-state index contributed by atoms with van der Waals surface area (Å²) >= 11 is 0. The van der Waals surface area contributed by atoms with Gasteiger partial charge in [-0.3, -0.25) is 0 Å². The molecule has 0 aromatic heterocycles. The molecule has 0 spiro atoms. The summed E-state index contributed by atoms with van der Waals surface area (Å²) in [6.45, 7) is 4.97. The van der Waals surface area contributed by atoms with Crippen molar-refractivity contribution in [1.29, 1.82) is 0 Å². The maximum Gasteiger partial charge on any atom is 0.282 e. The van der Waals surface area contributed by atoms with Gasteiger partial charge < -0.3 is 0 Å². The zero-order valence-electron chi connectivity index (χ0n) is 14.6. The Labute approximate surface area is 145 Å². The Hall–Kier alpha value is -0.960. The first-order valence-electron chi connectivity index (χ1n) is 8.06. The van der Waals surface area contributed by atoms with Crippen LogP contribution in [-0.2, 0) is 20.0 Å². The first kappa shape index (κ1) is 19.4. The summed E-state index contributed by atoms with van der Waals surface area (Å²) in [6.07, 6.45) is 3.09. The molecule has 2 atom stereocenters. The monoisotopic (exact) mass is 374 g/mol. The van der Waals surface area contributed by atoms with Crippen molar-refractivity contribution < 1.29 is 16.8 Å². The van der Waals surface area contributed by atoms with Crippen molar-refractivity contribution in [2.24, 2.45) is 5.92 Å². The van der Waals surface area contributed by atoms with E-state index in [0.717, 1.165) is 24.7 Å². The minimum absolute atomic E-state index is 0.230. The number of hydrogen-bond donors (Lipinski definition) is 0. The van der Waals surface area contributed by atoms with Crippen LogP contribution in [-0.4, -0.2) is 51.8 Å². The van der Waals surface area contributed by atoms with Crippen LogP contribution in [0.3, 0.4) is 0 Å². The van der Waals surface area contributed by atoms with Crippen LogP contribution >= 0.6 is 0 Å². The molecule has 2 rings (SSSR count). The van der Waals surface area contributed by atoms with E-state index >= 15 is 0 Å². The zero-order chi connectivity index (χ0) is 18.1. The minimum Gasteiger partial charge on any atom is -0.224 e. The summed E-state index contributed by atoms with van der Waals surface area (Å²) in [5.74, 6) is 0.367. The predicted molar refractivity (Wildman–Crippen MR) is 94.6 cm³/mol. The van der Waals surface area contributed by atoms with Gasteiger partial charge in [0, 0.05) is 32.4 Å². The fraction of sp³-hybridized carbons (Fsp3) is 0.625. The van der Waals surface area contributed by atoms with E-state index in [-0.39, 0.29) is 10.9 Å². The lowest BCUT2D eigenvalue weighted by Gasteiger charge is -2.35. The maximum absolute atomic E-state index is 12.8. The van der Waals surface area contributed by atoms with Crippen molar-refractivity contribution in [3.8, 4) is 0 Å². The van der Waals surface area contributed by atoms with Crippen LogP contribution in [0.25, 0.3) is 0 Å². The van der Waals surface area contributed by atoms with Gasteiger partial charge in [-0.15, -0.1) is 0 Å². The summed E-state index contributed by atoms with van der Waals surface area (Å²) in [5.41, 5.74) is 0.763. The number of sulfone groups is 1. The van der Waals surface area contributed by atoms with Crippen LogP contribution in [0.5, 0.6) is 0 Å². The lowest BCUT2D eigenvalue weighted by atomic mass is 10.0. The third kappa shape index (κ3) is 4.17. The van der Waals surface area contributed by atoms with Crippen molar-refractivity contribution in [3.63, 3.8) is 0 Å². The van der Waals surface area contributed by atoms with Crippen LogP contribution in [0.15, 0.2) is 29.2 Å². The molecule has 1 heterocycles. The molecule has 0 aliphatic carbocycles. The Morgan fingerprint density at radius 1 is 1.17 bits per heavy atom. The van der Waals surface area contributed by atoms with Gasteiger partial charge in [0.15, 0.2) is 9.84 Å². The average Bonchev–Trinajstić information content (AvgIpc) is 2.52. The molecule has 0 amide bonds. The molecular formula is C16H26N2O4S2. The Morgan fingerprint density at radius 3 is 2.25 bits per heavy atom. The first-order valence-corrected chi connectivity index (χ1v) is 11.4. The summed E-state index contributed by atoms with van der Waals surface area (Å²) in [6, 6.07) is 6.01. The van der Waals surface area contributed by atoms with Crippen LogP contribution in [0.4, 0.5) is 0 Å². The zero-order valence-corrected chi connectivity index (χ0v) is 16.3. The molecular weight excluding hydrogens is 348 g/mol. The fourth-order valence-electron chi connectivity index (χ4n) is 2.94. The molecule has 6 nitrogen and oxygen atoms in total. The van der Waals surface area contributed by atoms with Crippen molar-refractivity contribution >= 4 is 20.0 Å². The molecule has 2 unspecified atom stereocenters. The smallest absolute Gasteiger partial charge is 0.224 e. The molecule has 1 aromatic rings. The second-order valence-electron chi connectivity index (χ2n) is 6.65. The van der Waals surface area contributed by atoms with Gasteiger partial charge in [0.05, 0.1) is 4.90 Å². The third-order valence-electron chi connectivity index (χ3n) is 4.65. The van der Waals surface area contributed by atoms with E-state index in [1.54, 1.807) is 30.4 Å². The highest BCUT2D eigenvalue weighted by atomic mass is 32.2. The number of hydrogen-bond acceptors (Lipinski definition) is 4. The molecule has 1 aliphatic rings. The standard InChI is InChI=1S/C16H26N2O4S2/c1-13-6-5-11-18(12-13)24(21,22)17(3)14(2)15-7-9-16(10-8-15)23(4,19)20/h7-10,13-14H,5-6,11-12H2,1-4H3. The highest BCUT2D eigenvalue weighted by Crippen LogP contribution is 2.27. The van der Waals surface area contributed by atoms with E-state index in [0.29, 0.717) is 19.0 Å². The maximum atomic E-state index is 12.8. The molecule has 1 aromatic carbocycles. The van der Waals surface area contributed by atoms with E-state index in [1.807, 2.05) is 0 Å². The van der Waals surface area contributed by atoms with Gasteiger partial charge in [-0.1, -0.05) is 19.1 Å². The van der Waals surface area contributed by atoms with Gasteiger partial charge in [-0.05, 0) is 43.4 Å². The van der Waals surface area contributed by atoms with E-state index in [1.165, 1.54) is 16.4 Å². The van der Waals surface area contributed by atoms with Crippen molar-refractivity contribution in [1.82, 2.24) is 8.61 Å². The van der Waals surface area contributed by atoms with Crippen molar-refractivity contribution in [3.05, 3.63) is 29.8 Å². The van der Waals surface area contributed by atoms with Crippen molar-refractivity contribution in [2.45, 2.75) is 37.6 Å². The number of nitrogens with zero attached hydrogens (tertiary/aromatic N) is 2. The Morgan fingerprint density at radius 2 is 1.75 bits per heavy atom. The van der Waals surface area contributed by atoms with Crippen LogP contribution in [0, 0.1) is 5.92 Å². The SMILES string of the molecule is CC1CCCN(S(=O)(=O)N(C)C(C)c2ccc(S(C)(=O)=O)cc2)C1. The quantitative estimate of drug-likeness (QED) is 0.791. The third-order valence-corrected chi connectivity index (χ3v) is 7.80. The molecule has 1 fully saturated rings. The Balaban J connectivity index is 2.20. The van der Waals surface area contributed by atoms with Gasteiger partial charge >= 0.3 is 0 Å². The molecule has 0 radical (unpaired) electrons. The van der Waals surface area contributed by atoms with Gasteiger partial charge in [0.25, 0.3) is 10.2 Å². The highest BCUT2D eigenvalue weighted by Gasteiger charge is 2.33. The van der Waals surface area contributed by atoms with E-state index < -0.39 is 20.0 Å². The van der Waals surface area contributed by atoms with Crippen molar-refractivity contribution in [2.75, 3.05) is 26.4 Å². The Bertz CT molecular complexity index is 773. The van der Waals surface area contributed by atoms with Crippen LogP contribution < -0.4 is 0 Å². The number of rotatable bonds is 5. The molecule has 24 heavy (non-hydrogen) atoms. The summed E-state index contributed by atoms with van der Waals surface area (Å²) in [5, 5.41) is 0. The largest absolute Gasteiger partial charge is 0.282 e. The Kier molecular flexibility index (Phi) is 5.74. The van der Waals surface area contributed by atoms with Gasteiger partial charge in [0.2, 0.25) is 0 Å². The second-order valence-corrected chi connectivity index (χ2v) is 10.7. The lowest BCUT2D eigenvalue weighted by Crippen LogP contribution is -2.46. The fourth-order valence-corrected chi connectivity index (χ4v) is 5.26.